The van der Waals surface area contributed by atoms with Gasteiger partial charge in [0.1, 0.15) is 5.76 Å². The van der Waals surface area contributed by atoms with E-state index in [4.69, 9.17) is 4.42 Å². The number of hydrogen-bond acceptors (Lipinski definition) is 3. The second-order valence-corrected chi connectivity index (χ2v) is 5.24. The fraction of sp³-hybridized carbons (Fsp3) is 0.769. The maximum absolute atomic E-state index is 5.60. The molecule has 2 aliphatic rings. The standard InChI is InChI=1S/C13H20N2O/c1-2-11-7-15-13(16-11)8-14-12-6-9-3-4-10(12)5-9/h7,9-10,12,14H,2-6,8H2,1H3. The summed E-state index contributed by atoms with van der Waals surface area (Å²) in [5, 5.41) is 3.61. The van der Waals surface area contributed by atoms with Crippen molar-refractivity contribution in [1.82, 2.24) is 10.3 Å². The second-order valence-electron chi connectivity index (χ2n) is 5.24. The molecule has 3 unspecified atom stereocenters. The van der Waals surface area contributed by atoms with Crippen LogP contribution in [0.2, 0.25) is 0 Å². The van der Waals surface area contributed by atoms with E-state index in [0.29, 0.717) is 0 Å². The highest BCUT2D eigenvalue weighted by molar-refractivity contribution is 4.97. The van der Waals surface area contributed by atoms with Gasteiger partial charge in [0.2, 0.25) is 5.89 Å². The van der Waals surface area contributed by atoms with Crippen LogP contribution in [0.3, 0.4) is 0 Å². The van der Waals surface area contributed by atoms with Gasteiger partial charge in [0, 0.05) is 12.5 Å². The molecule has 1 heterocycles. The Morgan fingerprint density at radius 3 is 3.00 bits per heavy atom. The lowest BCUT2D eigenvalue weighted by atomic mass is 9.95. The summed E-state index contributed by atoms with van der Waals surface area (Å²) in [5.74, 6) is 3.76. The molecule has 3 rings (SSSR count). The van der Waals surface area contributed by atoms with Gasteiger partial charge in [0.05, 0.1) is 12.7 Å². The quantitative estimate of drug-likeness (QED) is 0.847. The van der Waals surface area contributed by atoms with E-state index < -0.39 is 0 Å². The number of aromatic nitrogens is 1. The number of nitrogens with zero attached hydrogens (tertiary/aromatic N) is 1. The average molecular weight is 220 g/mol. The first kappa shape index (κ1) is 10.3. The molecular weight excluding hydrogens is 200 g/mol. The number of oxazole rings is 1. The van der Waals surface area contributed by atoms with E-state index in [9.17, 15) is 0 Å². The summed E-state index contributed by atoms with van der Waals surface area (Å²) in [6.45, 7) is 2.89. The molecule has 3 atom stereocenters. The molecule has 0 saturated heterocycles. The van der Waals surface area contributed by atoms with Gasteiger partial charge in [-0.3, -0.25) is 0 Å². The van der Waals surface area contributed by atoms with E-state index in [-0.39, 0.29) is 0 Å². The zero-order chi connectivity index (χ0) is 11.0. The molecule has 3 heteroatoms. The van der Waals surface area contributed by atoms with Gasteiger partial charge in [0.25, 0.3) is 0 Å². The van der Waals surface area contributed by atoms with Crippen molar-refractivity contribution in [3.63, 3.8) is 0 Å². The SMILES string of the molecule is CCc1cnc(CNC2CC3CCC2C3)o1. The van der Waals surface area contributed by atoms with Crippen LogP contribution in [0.4, 0.5) is 0 Å². The van der Waals surface area contributed by atoms with Crippen molar-refractivity contribution in [2.24, 2.45) is 11.8 Å². The highest BCUT2D eigenvalue weighted by Gasteiger charge is 2.39. The molecule has 3 nitrogen and oxygen atoms in total. The van der Waals surface area contributed by atoms with E-state index in [0.717, 1.165) is 42.5 Å². The van der Waals surface area contributed by atoms with Crippen molar-refractivity contribution in [1.29, 1.82) is 0 Å². The van der Waals surface area contributed by atoms with Crippen LogP contribution in [-0.2, 0) is 13.0 Å². The first-order chi connectivity index (χ1) is 7.85. The van der Waals surface area contributed by atoms with Crippen molar-refractivity contribution in [2.75, 3.05) is 0 Å². The van der Waals surface area contributed by atoms with Crippen LogP contribution in [-0.4, -0.2) is 11.0 Å². The Bertz CT molecular complexity index is 361. The first-order valence-corrected chi connectivity index (χ1v) is 6.52. The first-order valence-electron chi connectivity index (χ1n) is 6.52. The van der Waals surface area contributed by atoms with E-state index in [1.54, 1.807) is 0 Å². The molecule has 2 saturated carbocycles. The summed E-state index contributed by atoms with van der Waals surface area (Å²) in [4.78, 5) is 4.28. The molecule has 0 radical (unpaired) electrons. The molecule has 1 aromatic heterocycles. The summed E-state index contributed by atoms with van der Waals surface area (Å²) < 4.78 is 5.60. The monoisotopic (exact) mass is 220 g/mol. The maximum Gasteiger partial charge on any atom is 0.208 e. The van der Waals surface area contributed by atoms with Crippen molar-refractivity contribution >= 4 is 0 Å². The van der Waals surface area contributed by atoms with Gasteiger partial charge < -0.3 is 9.73 Å². The largest absolute Gasteiger partial charge is 0.444 e. The summed E-state index contributed by atoms with van der Waals surface area (Å²) in [6, 6.07) is 0.718. The Hall–Kier alpha value is -0.830. The lowest BCUT2D eigenvalue weighted by Gasteiger charge is -2.22. The third-order valence-electron chi connectivity index (χ3n) is 4.20. The Balaban J connectivity index is 1.53. The molecule has 2 bridgehead atoms. The molecule has 2 fully saturated rings. The van der Waals surface area contributed by atoms with Crippen molar-refractivity contribution < 1.29 is 4.42 Å². The Morgan fingerprint density at radius 2 is 2.38 bits per heavy atom. The second kappa shape index (κ2) is 4.21. The summed E-state index contributed by atoms with van der Waals surface area (Å²) in [5.41, 5.74) is 0. The van der Waals surface area contributed by atoms with Crippen molar-refractivity contribution in [3.8, 4) is 0 Å². The van der Waals surface area contributed by atoms with Crippen molar-refractivity contribution in [2.45, 2.75) is 51.6 Å². The molecule has 1 N–H and O–H groups in total. The summed E-state index contributed by atoms with van der Waals surface area (Å²) in [6.07, 6.45) is 8.48. The minimum absolute atomic E-state index is 0.718. The van der Waals surface area contributed by atoms with E-state index >= 15 is 0 Å². The van der Waals surface area contributed by atoms with Gasteiger partial charge in [-0.05, 0) is 31.1 Å². The maximum atomic E-state index is 5.60. The van der Waals surface area contributed by atoms with Crippen molar-refractivity contribution in [3.05, 3.63) is 17.8 Å². The van der Waals surface area contributed by atoms with Gasteiger partial charge in [-0.15, -0.1) is 0 Å². The Morgan fingerprint density at radius 1 is 1.44 bits per heavy atom. The Labute approximate surface area is 96.6 Å². The zero-order valence-electron chi connectivity index (χ0n) is 9.91. The molecule has 16 heavy (non-hydrogen) atoms. The molecule has 1 aromatic rings. The molecule has 0 amide bonds. The highest BCUT2D eigenvalue weighted by Crippen LogP contribution is 2.44. The average Bonchev–Trinajstić information content (AvgIpc) is 3.02. The van der Waals surface area contributed by atoms with E-state index in [1.165, 1.54) is 25.7 Å². The highest BCUT2D eigenvalue weighted by atomic mass is 16.4. The zero-order valence-corrected chi connectivity index (χ0v) is 9.91. The van der Waals surface area contributed by atoms with E-state index in [2.05, 4.69) is 17.2 Å². The minimum Gasteiger partial charge on any atom is -0.444 e. The smallest absolute Gasteiger partial charge is 0.208 e. The van der Waals surface area contributed by atoms with Crippen LogP contribution in [0.25, 0.3) is 0 Å². The lowest BCUT2D eigenvalue weighted by Crippen LogP contribution is -2.33. The van der Waals surface area contributed by atoms with Gasteiger partial charge in [0.15, 0.2) is 0 Å². The number of aryl methyl sites for hydroxylation is 1. The molecule has 0 aromatic carbocycles. The molecule has 0 spiro atoms. The number of rotatable bonds is 4. The van der Waals surface area contributed by atoms with Crippen LogP contribution in [0.1, 0.15) is 44.3 Å². The van der Waals surface area contributed by atoms with Crippen LogP contribution in [0.15, 0.2) is 10.6 Å². The number of hydrogen-bond donors (Lipinski definition) is 1. The number of fused-ring (bicyclic) bond motifs is 2. The van der Waals surface area contributed by atoms with Gasteiger partial charge in [-0.1, -0.05) is 13.3 Å². The molecule has 2 aliphatic carbocycles. The molecule has 88 valence electrons. The van der Waals surface area contributed by atoms with E-state index in [1.807, 2.05) is 6.20 Å². The Kier molecular flexibility index (Phi) is 2.72. The molecular formula is C13H20N2O. The lowest BCUT2D eigenvalue weighted by molar-refractivity contribution is 0.331. The summed E-state index contributed by atoms with van der Waals surface area (Å²) in [7, 11) is 0. The third-order valence-corrected chi connectivity index (χ3v) is 4.20. The normalized spacial score (nSPS) is 32.4. The van der Waals surface area contributed by atoms with Crippen LogP contribution >= 0.6 is 0 Å². The predicted molar refractivity (Wildman–Crippen MR) is 62.0 cm³/mol. The topological polar surface area (TPSA) is 38.1 Å². The summed E-state index contributed by atoms with van der Waals surface area (Å²) >= 11 is 0. The van der Waals surface area contributed by atoms with Gasteiger partial charge in [-0.25, -0.2) is 4.98 Å². The number of nitrogens with one attached hydrogen (secondary N) is 1. The third kappa shape index (κ3) is 1.88. The van der Waals surface area contributed by atoms with Gasteiger partial charge >= 0.3 is 0 Å². The predicted octanol–water partition coefficient (Wildman–Crippen LogP) is 2.52. The van der Waals surface area contributed by atoms with Crippen LogP contribution in [0.5, 0.6) is 0 Å². The molecule has 0 aliphatic heterocycles. The van der Waals surface area contributed by atoms with Crippen LogP contribution < -0.4 is 5.32 Å². The van der Waals surface area contributed by atoms with Gasteiger partial charge in [-0.2, -0.15) is 0 Å². The fourth-order valence-corrected chi connectivity index (χ4v) is 3.31. The van der Waals surface area contributed by atoms with Crippen LogP contribution in [0, 0.1) is 11.8 Å². The fourth-order valence-electron chi connectivity index (χ4n) is 3.31. The minimum atomic E-state index is 0.718.